The van der Waals surface area contributed by atoms with Crippen LogP contribution in [0.25, 0.3) is 0 Å². The molecule has 1 fully saturated rings. The summed E-state index contributed by atoms with van der Waals surface area (Å²) >= 11 is 6.02. The van der Waals surface area contributed by atoms with Gasteiger partial charge in [0.2, 0.25) is 0 Å². The van der Waals surface area contributed by atoms with Gasteiger partial charge in [-0.05, 0) is 24.3 Å². The summed E-state index contributed by atoms with van der Waals surface area (Å²) < 4.78 is 5.41. The standard InChI is InChI=1S/C18H18ClN3O4/c19-14-3-1-4-15(11-14)20-7-9-21(10-8-20)18(23)13-26-17-6-2-5-16(12-17)22(24)25/h1-6,11-12H,7-10,13H2. The number of anilines is 1. The molecule has 136 valence electrons. The smallest absolute Gasteiger partial charge is 0.273 e. The van der Waals surface area contributed by atoms with Crippen molar-refractivity contribution in [1.29, 1.82) is 0 Å². The van der Waals surface area contributed by atoms with E-state index in [-0.39, 0.29) is 18.2 Å². The van der Waals surface area contributed by atoms with Crippen LogP contribution in [0.1, 0.15) is 0 Å². The first-order valence-electron chi connectivity index (χ1n) is 8.18. The third-order valence-corrected chi connectivity index (χ3v) is 4.43. The quantitative estimate of drug-likeness (QED) is 0.593. The third-order valence-electron chi connectivity index (χ3n) is 4.20. The minimum absolute atomic E-state index is 0.0647. The van der Waals surface area contributed by atoms with Crippen molar-refractivity contribution in [3.05, 3.63) is 63.7 Å². The summed E-state index contributed by atoms with van der Waals surface area (Å²) in [6.45, 7) is 2.46. The average Bonchev–Trinajstić information content (AvgIpc) is 2.66. The first kappa shape index (κ1) is 18.0. The number of ether oxygens (including phenoxy) is 1. The van der Waals surface area contributed by atoms with Crippen LogP contribution < -0.4 is 9.64 Å². The van der Waals surface area contributed by atoms with Crippen molar-refractivity contribution in [2.45, 2.75) is 0 Å². The van der Waals surface area contributed by atoms with Gasteiger partial charge in [-0.15, -0.1) is 0 Å². The largest absolute Gasteiger partial charge is 0.484 e. The zero-order chi connectivity index (χ0) is 18.5. The summed E-state index contributed by atoms with van der Waals surface area (Å²) in [5.41, 5.74) is 0.975. The zero-order valence-corrected chi connectivity index (χ0v) is 14.8. The van der Waals surface area contributed by atoms with Gasteiger partial charge in [-0.1, -0.05) is 23.7 Å². The number of nitrogens with zero attached hydrogens (tertiary/aromatic N) is 3. The molecule has 8 heteroatoms. The van der Waals surface area contributed by atoms with E-state index in [1.54, 1.807) is 11.0 Å². The Bertz CT molecular complexity index is 807. The normalized spacial score (nSPS) is 14.2. The van der Waals surface area contributed by atoms with Gasteiger partial charge in [-0.3, -0.25) is 14.9 Å². The van der Waals surface area contributed by atoms with E-state index in [2.05, 4.69) is 4.90 Å². The molecule has 0 N–H and O–H groups in total. The fourth-order valence-electron chi connectivity index (χ4n) is 2.81. The van der Waals surface area contributed by atoms with Gasteiger partial charge in [0.25, 0.3) is 11.6 Å². The molecule has 0 aliphatic carbocycles. The minimum Gasteiger partial charge on any atom is -0.484 e. The van der Waals surface area contributed by atoms with Crippen LogP contribution in [0.5, 0.6) is 5.75 Å². The number of hydrogen-bond donors (Lipinski definition) is 0. The van der Waals surface area contributed by atoms with Crippen molar-refractivity contribution in [3.8, 4) is 5.75 Å². The van der Waals surface area contributed by atoms with E-state index in [9.17, 15) is 14.9 Å². The number of rotatable bonds is 5. The lowest BCUT2D eigenvalue weighted by Crippen LogP contribution is -2.50. The third kappa shape index (κ3) is 4.43. The van der Waals surface area contributed by atoms with Crippen LogP contribution in [0.3, 0.4) is 0 Å². The molecular formula is C18H18ClN3O4. The summed E-state index contributed by atoms with van der Waals surface area (Å²) in [6, 6.07) is 13.4. The molecule has 7 nitrogen and oxygen atoms in total. The molecule has 1 aliphatic rings. The van der Waals surface area contributed by atoms with Gasteiger partial charge >= 0.3 is 0 Å². The summed E-state index contributed by atoms with van der Waals surface area (Å²) in [5.74, 6) is 0.173. The SMILES string of the molecule is O=C(COc1cccc([N+](=O)[O-])c1)N1CCN(c2cccc(Cl)c2)CC1. The second-order valence-electron chi connectivity index (χ2n) is 5.89. The summed E-state index contributed by atoms with van der Waals surface area (Å²) in [4.78, 5) is 26.5. The molecule has 2 aromatic carbocycles. The van der Waals surface area contributed by atoms with Crippen LogP contribution in [0.2, 0.25) is 5.02 Å². The molecule has 1 heterocycles. The Morgan fingerprint density at radius 2 is 1.85 bits per heavy atom. The molecule has 0 radical (unpaired) electrons. The van der Waals surface area contributed by atoms with Crippen molar-refractivity contribution < 1.29 is 14.5 Å². The maximum absolute atomic E-state index is 12.3. The van der Waals surface area contributed by atoms with Crippen molar-refractivity contribution >= 4 is 28.9 Å². The van der Waals surface area contributed by atoms with Crippen molar-refractivity contribution in [2.75, 3.05) is 37.7 Å². The first-order valence-corrected chi connectivity index (χ1v) is 8.56. The molecule has 1 amide bonds. The number of benzene rings is 2. The van der Waals surface area contributed by atoms with Crippen LogP contribution in [-0.2, 0) is 4.79 Å². The molecular weight excluding hydrogens is 358 g/mol. The van der Waals surface area contributed by atoms with E-state index >= 15 is 0 Å². The number of piperazine rings is 1. The summed E-state index contributed by atoms with van der Waals surface area (Å²) in [6.07, 6.45) is 0. The number of carbonyl (C=O) groups is 1. The van der Waals surface area contributed by atoms with Gasteiger partial charge in [-0.25, -0.2) is 0 Å². The fourth-order valence-corrected chi connectivity index (χ4v) is 2.99. The maximum atomic E-state index is 12.3. The number of carbonyl (C=O) groups excluding carboxylic acids is 1. The molecule has 0 saturated carbocycles. The Balaban J connectivity index is 1.51. The lowest BCUT2D eigenvalue weighted by atomic mass is 10.2. The average molecular weight is 376 g/mol. The Hall–Kier alpha value is -2.80. The Kier molecular flexibility index (Phi) is 5.58. The van der Waals surface area contributed by atoms with E-state index in [4.69, 9.17) is 16.3 Å². The number of nitro benzene ring substituents is 1. The molecule has 1 aliphatic heterocycles. The predicted octanol–water partition coefficient (Wildman–Crippen LogP) is 2.98. The van der Waals surface area contributed by atoms with Crippen LogP contribution in [0, 0.1) is 10.1 Å². The Labute approximate surface area is 155 Å². The van der Waals surface area contributed by atoms with E-state index in [1.165, 1.54) is 18.2 Å². The Morgan fingerprint density at radius 1 is 1.12 bits per heavy atom. The predicted molar refractivity (Wildman–Crippen MR) is 98.8 cm³/mol. The van der Waals surface area contributed by atoms with Crippen LogP contribution in [-0.4, -0.2) is 48.5 Å². The monoisotopic (exact) mass is 375 g/mol. The number of halogens is 1. The molecule has 0 atom stereocenters. The molecule has 0 aromatic heterocycles. The highest BCUT2D eigenvalue weighted by atomic mass is 35.5. The van der Waals surface area contributed by atoms with Crippen molar-refractivity contribution in [3.63, 3.8) is 0 Å². The lowest BCUT2D eigenvalue weighted by molar-refractivity contribution is -0.384. The molecule has 0 unspecified atom stereocenters. The van der Waals surface area contributed by atoms with Crippen molar-refractivity contribution in [2.24, 2.45) is 0 Å². The molecule has 0 spiro atoms. The van der Waals surface area contributed by atoms with Crippen molar-refractivity contribution in [1.82, 2.24) is 4.90 Å². The van der Waals surface area contributed by atoms with Gasteiger partial charge in [0.1, 0.15) is 5.75 Å². The van der Waals surface area contributed by atoms with Gasteiger partial charge in [0.05, 0.1) is 11.0 Å². The fraction of sp³-hybridized carbons (Fsp3) is 0.278. The molecule has 0 bridgehead atoms. The van der Waals surface area contributed by atoms with Crippen LogP contribution in [0.15, 0.2) is 48.5 Å². The topological polar surface area (TPSA) is 75.9 Å². The number of amides is 1. The number of nitro groups is 1. The molecule has 2 aromatic rings. The van der Waals surface area contributed by atoms with Crippen LogP contribution in [0.4, 0.5) is 11.4 Å². The van der Waals surface area contributed by atoms with Gasteiger partial charge in [0.15, 0.2) is 6.61 Å². The van der Waals surface area contributed by atoms with Gasteiger partial charge < -0.3 is 14.5 Å². The maximum Gasteiger partial charge on any atom is 0.273 e. The summed E-state index contributed by atoms with van der Waals surface area (Å²) in [7, 11) is 0. The second-order valence-corrected chi connectivity index (χ2v) is 6.33. The van der Waals surface area contributed by atoms with E-state index in [0.29, 0.717) is 37.0 Å². The van der Waals surface area contributed by atoms with Gasteiger partial charge in [0, 0.05) is 43.0 Å². The lowest BCUT2D eigenvalue weighted by Gasteiger charge is -2.36. The van der Waals surface area contributed by atoms with E-state index < -0.39 is 4.92 Å². The zero-order valence-electron chi connectivity index (χ0n) is 14.0. The first-order chi connectivity index (χ1) is 12.5. The highest BCUT2D eigenvalue weighted by molar-refractivity contribution is 6.30. The number of hydrogen-bond acceptors (Lipinski definition) is 5. The minimum atomic E-state index is -0.496. The Morgan fingerprint density at radius 3 is 2.54 bits per heavy atom. The van der Waals surface area contributed by atoms with E-state index in [0.717, 1.165) is 5.69 Å². The highest BCUT2D eigenvalue weighted by Crippen LogP contribution is 2.21. The van der Waals surface area contributed by atoms with Crippen LogP contribution >= 0.6 is 11.6 Å². The highest BCUT2D eigenvalue weighted by Gasteiger charge is 2.22. The summed E-state index contributed by atoms with van der Waals surface area (Å²) in [5, 5.41) is 11.5. The number of non-ortho nitro benzene ring substituents is 1. The van der Waals surface area contributed by atoms with E-state index in [1.807, 2.05) is 24.3 Å². The van der Waals surface area contributed by atoms with Gasteiger partial charge in [-0.2, -0.15) is 0 Å². The second kappa shape index (κ2) is 8.05. The molecule has 1 saturated heterocycles. The molecule has 3 rings (SSSR count). The molecule has 26 heavy (non-hydrogen) atoms.